The van der Waals surface area contributed by atoms with E-state index in [-0.39, 0.29) is 6.09 Å². The molecule has 1 N–H and O–H groups in total. The molecule has 0 unspecified atom stereocenters. The highest BCUT2D eigenvalue weighted by molar-refractivity contribution is 5.93. The average Bonchev–Trinajstić information content (AvgIpc) is 2.87. The minimum atomic E-state index is -0.427. The van der Waals surface area contributed by atoms with Crippen LogP contribution in [0.15, 0.2) is 29.3 Å². The van der Waals surface area contributed by atoms with Gasteiger partial charge in [-0.25, -0.2) is 4.79 Å². The van der Waals surface area contributed by atoms with E-state index in [1.165, 1.54) is 24.1 Å². The van der Waals surface area contributed by atoms with Crippen LogP contribution in [0.1, 0.15) is 58.4 Å². The SMILES string of the molecule is CC(C)(C)OC(=O)NCCCCCCC1=Nc2ccccc2C1. The highest BCUT2D eigenvalue weighted by atomic mass is 16.6. The van der Waals surface area contributed by atoms with Gasteiger partial charge in [-0.2, -0.15) is 0 Å². The fourth-order valence-electron chi connectivity index (χ4n) is 2.66. The molecule has 0 bridgehead atoms. The third-order valence-electron chi connectivity index (χ3n) is 3.73. The number of nitrogens with one attached hydrogen (secondary N) is 1. The summed E-state index contributed by atoms with van der Waals surface area (Å²) in [5.41, 5.74) is 3.37. The Morgan fingerprint density at radius 3 is 2.65 bits per heavy atom. The number of unbranched alkanes of at least 4 members (excludes halogenated alkanes) is 3. The summed E-state index contributed by atoms with van der Waals surface area (Å²) < 4.78 is 5.20. The van der Waals surface area contributed by atoms with Gasteiger partial charge in [-0.05, 0) is 51.7 Å². The molecule has 1 amide bonds. The van der Waals surface area contributed by atoms with Gasteiger partial charge in [-0.3, -0.25) is 4.99 Å². The van der Waals surface area contributed by atoms with Crippen LogP contribution >= 0.6 is 0 Å². The van der Waals surface area contributed by atoms with Crippen molar-refractivity contribution in [1.29, 1.82) is 0 Å². The molecule has 0 aliphatic carbocycles. The number of carbonyl (C=O) groups excluding carboxylic acids is 1. The van der Waals surface area contributed by atoms with E-state index in [4.69, 9.17) is 4.74 Å². The van der Waals surface area contributed by atoms with Crippen molar-refractivity contribution in [3.63, 3.8) is 0 Å². The zero-order valence-corrected chi connectivity index (χ0v) is 14.5. The van der Waals surface area contributed by atoms with Crippen molar-refractivity contribution in [2.45, 2.75) is 64.9 Å². The number of ether oxygens (including phenoxy) is 1. The van der Waals surface area contributed by atoms with Crippen LogP contribution in [0.4, 0.5) is 10.5 Å². The summed E-state index contributed by atoms with van der Waals surface area (Å²) in [5.74, 6) is 0. The molecule has 1 aliphatic heterocycles. The predicted molar refractivity (Wildman–Crippen MR) is 94.6 cm³/mol. The largest absolute Gasteiger partial charge is 0.444 e. The van der Waals surface area contributed by atoms with E-state index in [0.717, 1.165) is 31.4 Å². The summed E-state index contributed by atoms with van der Waals surface area (Å²) in [6.07, 6.45) is 6.22. The van der Waals surface area contributed by atoms with Crippen molar-refractivity contribution in [2.24, 2.45) is 4.99 Å². The van der Waals surface area contributed by atoms with E-state index in [1.807, 2.05) is 26.8 Å². The van der Waals surface area contributed by atoms with E-state index < -0.39 is 5.60 Å². The zero-order valence-electron chi connectivity index (χ0n) is 14.5. The maximum atomic E-state index is 11.5. The van der Waals surface area contributed by atoms with Gasteiger partial charge in [0.15, 0.2) is 0 Å². The maximum absolute atomic E-state index is 11.5. The lowest BCUT2D eigenvalue weighted by Gasteiger charge is -2.19. The van der Waals surface area contributed by atoms with Crippen LogP contribution in [0.3, 0.4) is 0 Å². The van der Waals surface area contributed by atoms with Gasteiger partial charge in [-0.1, -0.05) is 31.0 Å². The third kappa shape index (κ3) is 6.43. The molecule has 0 spiro atoms. The molecule has 126 valence electrons. The fourth-order valence-corrected chi connectivity index (χ4v) is 2.66. The molecule has 1 heterocycles. The van der Waals surface area contributed by atoms with Gasteiger partial charge in [0.25, 0.3) is 0 Å². The molecule has 0 fully saturated rings. The molecule has 1 aromatic carbocycles. The summed E-state index contributed by atoms with van der Waals surface area (Å²) in [4.78, 5) is 16.2. The summed E-state index contributed by atoms with van der Waals surface area (Å²) >= 11 is 0. The molecule has 4 nitrogen and oxygen atoms in total. The molecular formula is C19H28N2O2. The first-order chi connectivity index (χ1) is 10.9. The quantitative estimate of drug-likeness (QED) is 0.735. The van der Waals surface area contributed by atoms with E-state index in [1.54, 1.807) is 0 Å². The van der Waals surface area contributed by atoms with Crippen LogP contribution in [0.25, 0.3) is 0 Å². The number of alkyl carbamates (subject to hydrolysis) is 1. The van der Waals surface area contributed by atoms with E-state index in [2.05, 4.69) is 28.5 Å². The predicted octanol–water partition coefficient (Wildman–Crippen LogP) is 4.79. The third-order valence-corrected chi connectivity index (χ3v) is 3.73. The van der Waals surface area contributed by atoms with Gasteiger partial charge in [-0.15, -0.1) is 0 Å². The molecule has 1 aliphatic rings. The molecule has 23 heavy (non-hydrogen) atoms. The van der Waals surface area contributed by atoms with Gasteiger partial charge in [0.1, 0.15) is 5.60 Å². The minimum absolute atomic E-state index is 0.324. The average molecular weight is 316 g/mol. The van der Waals surface area contributed by atoms with E-state index in [0.29, 0.717) is 6.54 Å². The first kappa shape index (κ1) is 17.5. The maximum Gasteiger partial charge on any atom is 0.407 e. The number of para-hydroxylation sites is 1. The summed E-state index contributed by atoms with van der Waals surface area (Å²) in [6.45, 7) is 6.30. The van der Waals surface area contributed by atoms with Crippen molar-refractivity contribution in [3.05, 3.63) is 29.8 Å². The van der Waals surface area contributed by atoms with Crippen LogP contribution < -0.4 is 5.32 Å². The molecule has 4 heteroatoms. The molecular weight excluding hydrogens is 288 g/mol. The normalized spacial score (nSPS) is 13.4. The second kappa shape index (κ2) is 8.14. The Bertz CT molecular complexity index is 559. The number of aliphatic imine (C=N–C) groups is 1. The fraction of sp³-hybridized carbons (Fsp3) is 0.579. The van der Waals surface area contributed by atoms with Gasteiger partial charge in [0, 0.05) is 18.7 Å². The Hall–Kier alpha value is -1.84. The Labute approximate surface area is 139 Å². The summed E-state index contributed by atoms with van der Waals surface area (Å²) in [6, 6.07) is 8.37. The number of benzene rings is 1. The Morgan fingerprint density at radius 2 is 1.91 bits per heavy atom. The standard InChI is InChI=1S/C19H28N2O2/c1-19(2,3)23-18(22)20-13-9-5-4-6-11-16-14-15-10-7-8-12-17(15)21-16/h7-8,10,12H,4-6,9,11,13-14H2,1-3H3,(H,20,22). The monoisotopic (exact) mass is 316 g/mol. The molecule has 0 saturated heterocycles. The number of amides is 1. The highest BCUT2D eigenvalue weighted by Crippen LogP contribution is 2.27. The van der Waals surface area contributed by atoms with E-state index >= 15 is 0 Å². The van der Waals surface area contributed by atoms with Crippen LogP contribution in [0.5, 0.6) is 0 Å². The topological polar surface area (TPSA) is 50.7 Å². The molecule has 0 atom stereocenters. The molecule has 2 rings (SSSR count). The Balaban J connectivity index is 1.50. The number of rotatable bonds is 7. The van der Waals surface area contributed by atoms with Crippen LogP contribution in [-0.4, -0.2) is 24.0 Å². The van der Waals surface area contributed by atoms with Crippen molar-refractivity contribution in [1.82, 2.24) is 5.32 Å². The van der Waals surface area contributed by atoms with Gasteiger partial charge in [0.2, 0.25) is 0 Å². The van der Waals surface area contributed by atoms with Crippen LogP contribution in [0, 0.1) is 0 Å². The molecule has 0 saturated carbocycles. The lowest BCUT2D eigenvalue weighted by atomic mass is 10.0. The number of nitrogens with zero attached hydrogens (tertiary/aromatic N) is 1. The highest BCUT2D eigenvalue weighted by Gasteiger charge is 2.15. The number of hydrogen-bond donors (Lipinski definition) is 1. The van der Waals surface area contributed by atoms with Gasteiger partial charge in [0.05, 0.1) is 5.69 Å². The van der Waals surface area contributed by atoms with Gasteiger partial charge >= 0.3 is 6.09 Å². The van der Waals surface area contributed by atoms with Crippen molar-refractivity contribution < 1.29 is 9.53 Å². The number of carbonyl (C=O) groups is 1. The van der Waals surface area contributed by atoms with Crippen LogP contribution in [0.2, 0.25) is 0 Å². The molecule has 1 aromatic rings. The molecule has 0 radical (unpaired) electrons. The number of fused-ring (bicyclic) bond motifs is 1. The second-order valence-corrected chi connectivity index (χ2v) is 7.08. The second-order valence-electron chi connectivity index (χ2n) is 7.08. The lowest BCUT2D eigenvalue weighted by Crippen LogP contribution is -2.32. The lowest BCUT2D eigenvalue weighted by molar-refractivity contribution is 0.0527. The zero-order chi connectivity index (χ0) is 16.7. The van der Waals surface area contributed by atoms with Gasteiger partial charge < -0.3 is 10.1 Å². The smallest absolute Gasteiger partial charge is 0.407 e. The van der Waals surface area contributed by atoms with Crippen molar-refractivity contribution in [3.8, 4) is 0 Å². The minimum Gasteiger partial charge on any atom is -0.444 e. The van der Waals surface area contributed by atoms with Crippen LogP contribution in [-0.2, 0) is 11.2 Å². The van der Waals surface area contributed by atoms with Crippen molar-refractivity contribution >= 4 is 17.5 Å². The first-order valence-corrected chi connectivity index (χ1v) is 8.55. The van der Waals surface area contributed by atoms with Crippen molar-refractivity contribution in [2.75, 3.05) is 6.54 Å². The first-order valence-electron chi connectivity index (χ1n) is 8.55. The molecule has 0 aromatic heterocycles. The summed E-state index contributed by atoms with van der Waals surface area (Å²) in [5, 5.41) is 2.80. The Kier molecular flexibility index (Phi) is 6.20. The number of hydrogen-bond acceptors (Lipinski definition) is 3. The summed E-state index contributed by atoms with van der Waals surface area (Å²) in [7, 11) is 0. The Morgan fingerprint density at radius 1 is 1.17 bits per heavy atom. The van der Waals surface area contributed by atoms with E-state index in [9.17, 15) is 4.79 Å².